The van der Waals surface area contributed by atoms with E-state index in [4.69, 9.17) is 10.5 Å². The second kappa shape index (κ2) is 9.71. The summed E-state index contributed by atoms with van der Waals surface area (Å²) in [7, 11) is 1.42. The number of carbonyl (C=O) groups excluding carboxylic acids is 3. The average Bonchev–Trinajstić information content (AvgIpc) is 3.27. The second-order valence-corrected chi connectivity index (χ2v) is 7.26. The van der Waals surface area contributed by atoms with Crippen molar-refractivity contribution in [2.45, 2.75) is 63.5 Å². The molecule has 2 fully saturated rings. The number of primary amides is 1. The topological polar surface area (TPSA) is 110 Å². The van der Waals surface area contributed by atoms with Gasteiger partial charge in [-0.1, -0.05) is 25.0 Å². The fourth-order valence-electron chi connectivity index (χ4n) is 3.52. The first-order valence-corrected chi connectivity index (χ1v) is 9.45. The van der Waals surface area contributed by atoms with Crippen LogP contribution in [0.2, 0.25) is 0 Å². The zero-order valence-corrected chi connectivity index (χ0v) is 15.4. The summed E-state index contributed by atoms with van der Waals surface area (Å²) < 4.78 is 4.71. The third-order valence-electron chi connectivity index (χ3n) is 5.17. The van der Waals surface area contributed by atoms with Crippen molar-refractivity contribution < 1.29 is 24.2 Å². The molecule has 0 aromatic heterocycles. The van der Waals surface area contributed by atoms with Crippen molar-refractivity contribution in [3.8, 4) is 0 Å². The number of likely N-dealkylation sites (tertiary alicyclic amines) is 1. The van der Waals surface area contributed by atoms with E-state index in [1.807, 2.05) is 0 Å². The summed E-state index contributed by atoms with van der Waals surface area (Å²) in [5.74, 6) is -0.377. The van der Waals surface area contributed by atoms with E-state index < -0.39 is 18.1 Å². The van der Waals surface area contributed by atoms with Gasteiger partial charge in [-0.25, -0.2) is 0 Å². The average molecular weight is 366 g/mol. The Balaban J connectivity index is 1.52. The molecule has 0 spiro atoms. The number of hydrogen-bond acceptors (Lipinski definition) is 5. The van der Waals surface area contributed by atoms with E-state index in [2.05, 4.69) is 12.2 Å². The van der Waals surface area contributed by atoms with Crippen LogP contribution in [-0.2, 0) is 19.1 Å². The lowest BCUT2D eigenvalue weighted by atomic mass is 10.1. The number of aliphatic hydroxyl groups is 1. The van der Waals surface area contributed by atoms with E-state index in [9.17, 15) is 19.5 Å². The summed E-state index contributed by atoms with van der Waals surface area (Å²) >= 11 is 0. The number of unbranched alkanes of at least 4 members (excludes halogenated alkanes) is 4. The van der Waals surface area contributed by atoms with Crippen LogP contribution in [0, 0.1) is 11.8 Å². The number of allylic oxidation sites excluding steroid dienone is 2. The number of rotatable bonds is 10. The number of nitrogens with two attached hydrogens (primary N) is 1. The van der Waals surface area contributed by atoms with Gasteiger partial charge >= 0.3 is 5.97 Å². The molecule has 0 aromatic carbocycles. The molecule has 1 heterocycles. The Labute approximate surface area is 154 Å². The molecule has 1 aliphatic carbocycles. The molecule has 2 aliphatic rings. The second-order valence-electron chi connectivity index (χ2n) is 7.26. The molecule has 2 rings (SSSR count). The van der Waals surface area contributed by atoms with E-state index in [0.717, 1.165) is 38.5 Å². The third kappa shape index (κ3) is 5.83. The Kier molecular flexibility index (Phi) is 7.63. The van der Waals surface area contributed by atoms with Gasteiger partial charge in [0.2, 0.25) is 11.8 Å². The number of amides is 2. The van der Waals surface area contributed by atoms with E-state index in [1.54, 1.807) is 0 Å². The molecule has 7 nitrogen and oxygen atoms in total. The van der Waals surface area contributed by atoms with Crippen molar-refractivity contribution in [2.75, 3.05) is 13.7 Å². The smallest absolute Gasteiger partial charge is 0.309 e. The first-order valence-electron chi connectivity index (χ1n) is 9.45. The molecule has 7 heteroatoms. The molecular weight excluding hydrogens is 336 g/mol. The highest BCUT2D eigenvalue weighted by Crippen LogP contribution is 2.40. The van der Waals surface area contributed by atoms with Crippen LogP contribution in [0.25, 0.3) is 0 Å². The van der Waals surface area contributed by atoms with Crippen molar-refractivity contribution in [1.82, 2.24) is 4.90 Å². The van der Waals surface area contributed by atoms with E-state index in [1.165, 1.54) is 12.0 Å². The molecule has 26 heavy (non-hydrogen) atoms. The molecule has 1 saturated heterocycles. The lowest BCUT2D eigenvalue weighted by Gasteiger charge is -2.21. The lowest BCUT2D eigenvalue weighted by molar-refractivity contribution is -0.142. The summed E-state index contributed by atoms with van der Waals surface area (Å²) in [4.78, 5) is 36.3. The van der Waals surface area contributed by atoms with Crippen LogP contribution in [-0.4, -0.2) is 53.6 Å². The number of aliphatic hydroxyl groups excluding tert-OH is 1. The Hall–Kier alpha value is -1.89. The Morgan fingerprint density at radius 3 is 2.62 bits per heavy atom. The van der Waals surface area contributed by atoms with Crippen LogP contribution in [0.5, 0.6) is 0 Å². The maximum atomic E-state index is 12.2. The molecule has 0 aromatic rings. The number of nitrogens with zero attached hydrogens (tertiary/aromatic N) is 1. The predicted octanol–water partition coefficient (Wildman–Crippen LogP) is 1.14. The van der Waals surface area contributed by atoms with Gasteiger partial charge in [-0.2, -0.15) is 0 Å². The summed E-state index contributed by atoms with van der Waals surface area (Å²) in [6.45, 7) is 0.199. The molecule has 4 unspecified atom stereocenters. The minimum Gasteiger partial charge on any atom is -0.469 e. The third-order valence-corrected chi connectivity index (χ3v) is 5.17. The maximum absolute atomic E-state index is 12.2. The fourth-order valence-corrected chi connectivity index (χ4v) is 3.52. The van der Waals surface area contributed by atoms with Gasteiger partial charge in [-0.3, -0.25) is 14.4 Å². The number of esters is 1. The number of ether oxygens (including phenoxy) is 1. The normalized spacial score (nSPS) is 27.7. The van der Waals surface area contributed by atoms with E-state index >= 15 is 0 Å². The first-order chi connectivity index (χ1) is 12.4. The van der Waals surface area contributed by atoms with Crippen LogP contribution < -0.4 is 5.73 Å². The number of hydrogen-bond donors (Lipinski definition) is 2. The highest BCUT2D eigenvalue weighted by molar-refractivity contribution is 5.87. The van der Waals surface area contributed by atoms with Crippen LogP contribution in [0.3, 0.4) is 0 Å². The zero-order chi connectivity index (χ0) is 19.1. The van der Waals surface area contributed by atoms with Crippen molar-refractivity contribution >= 4 is 17.8 Å². The largest absolute Gasteiger partial charge is 0.469 e. The highest BCUT2D eigenvalue weighted by Gasteiger charge is 2.41. The van der Waals surface area contributed by atoms with Gasteiger partial charge in [0.05, 0.1) is 19.1 Å². The van der Waals surface area contributed by atoms with Crippen LogP contribution in [0.1, 0.15) is 51.4 Å². The van der Waals surface area contributed by atoms with Gasteiger partial charge in [-0.15, -0.1) is 0 Å². The van der Waals surface area contributed by atoms with Gasteiger partial charge in [0, 0.05) is 19.4 Å². The van der Waals surface area contributed by atoms with Crippen LogP contribution in [0.4, 0.5) is 0 Å². The SMILES string of the molecule is COC(=O)C1CC1/C=C\CCCCCCC(=O)N1CC(O)CC1C(N)=O. The summed E-state index contributed by atoms with van der Waals surface area (Å²) in [6.07, 6.45) is 9.86. The summed E-state index contributed by atoms with van der Waals surface area (Å²) in [6, 6.07) is -0.668. The molecule has 2 amide bonds. The molecular formula is C19H30N2O5. The van der Waals surface area contributed by atoms with Crippen molar-refractivity contribution in [2.24, 2.45) is 17.6 Å². The fraction of sp³-hybridized carbons (Fsp3) is 0.737. The molecule has 3 N–H and O–H groups in total. The van der Waals surface area contributed by atoms with E-state index in [0.29, 0.717) is 12.3 Å². The Morgan fingerprint density at radius 1 is 1.19 bits per heavy atom. The van der Waals surface area contributed by atoms with Crippen molar-refractivity contribution in [1.29, 1.82) is 0 Å². The maximum Gasteiger partial charge on any atom is 0.309 e. The van der Waals surface area contributed by atoms with E-state index in [-0.39, 0.29) is 30.8 Å². The summed E-state index contributed by atoms with van der Waals surface area (Å²) in [5.41, 5.74) is 5.29. The quantitative estimate of drug-likeness (QED) is 0.342. The highest BCUT2D eigenvalue weighted by atomic mass is 16.5. The number of β-amino-alcohol motifs (C(OH)–C–C–N with tert-alkyl or cyclic N) is 1. The Bertz CT molecular complexity index is 548. The molecule has 0 bridgehead atoms. The molecule has 1 saturated carbocycles. The summed E-state index contributed by atoms with van der Waals surface area (Å²) in [5, 5.41) is 9.63. The Morgan fingerprint density at radius 2 is 1.92 bits per heavy atom. The minimum absolute atomic E-state index is 0.0515. The number of carbonyl (C=O) groups is 3. The number of methoxy groups -OCH3 is 1. The first kappa shape index (κ1) is 20.4. The predicted molar refractivity (Wildman–Crippen MR) is 95.8 cm³/mol. The van der Waals surface area contributed by atoms with Crippen LogP contribution >= 0.6 is 0 Å². The van der Waals surface area contributed by atoms with Gasteiger partial charge in [-0.05, 0) is 31.6 Å². The molecule has 1 aliphatic heterocycles. The monoisotopic (exact) mass is 366 g/mol. The van der Waals surface area contributed by atoms with Crippen molar-refractivity contribution in [3.63, 3.8) is 0 Å². The molecule has 4 atom stereocenters. The standard InChI is InChI=1S/C19H30N2O5/c1-26-19(25)15-10-13(15)8-6-4-2-3-5-7-9-17(23)21-12-14(22)11-16(21)18(20)24/h6,8,13-16,22H,2-5,7,9-12H2,1H3,(H2,20,24)/b8-6-. The zero-order valence-electron chi connectivity index (χ0n) is 15.4. The minimum atomic E-state index is -0.668. The molecule has 146 valence electrons. The molecule has 0 radical (unpaired) electrons. The van der Waals surface area contributed by atoms with Gasteiger partial charge in [0.25, 0.3) is 0 Å². The van der Waals surface area contributed by atoms with Crippen molar-refractivity contribution in [3.05, 3.63) is 12.2 Å². The van der Waals surface area contributed by atoms with Gasteiger partial charge < -0.3 is 20.5 Å². The van der Waals surface area contributed by atoms with Gasteiger partial charge in [0.15, 0.2) is 0 Å². The lowest BCUT2D eigenvalue weighted by Crippen LogP contribution is -2.43. The van der Waals surface area contributed by atoms with Crippen LogP contribution in [0.15, 0.2) is 12.2 Å². The van der Waals surface area contributed by atoms with Gasteiger partial charge in [0.1, 0.15) is 6.04 Å².